The zero-order valence-electron chi connectivity index (χ0n) is 11.1. The van der Waals surface area contributed by atoms with Crippen molar-refractivity contribution in [2.24, 2.45) is 0 Å². The van der Waals surface area contributed by atoms with Crippen molar-refractivity contribution >= 4 is 28.6 Å². The molecule has 4 N–H and O–H groups in total. The van der Waals surface area contributed by atoms with Gasteiger partial charge in [0.15, 0.2) is 0 Å². The van der Waals surface area contributed by atoms with Crippen LogP contribution in [0.25, 0.3) is 10.9 Å². The number of aliphatic hydroxyl groups is 1. The summed E-state index contributed by atoms with van der Waals surface area (Å²) >= 11 is 0. The third kappa shape index (κ3) is 3.67. The van der Waals surface area contributed by atoms with Gasteiger partial charge in [-0.2, -0.15) is 0 Å². The minimum Gasteiger partial charge on any atom is -0.480 e. The average molecular weight is 289 g/mol. The summed E-state index contributed by atoms with van der Waals surface area (Å²) in [5.41, 5.74) is 1.10. The second kappa shape index (κ2) is 6.67. The molecule has 0 saturated carbocycles. The predicted octanol–water partition coefficient (Wildman–Crippen LogP) is 1.19. The van der Waals surface area contributed by atoms with Gasteiger partial charge in [0, 0.05) is 24.6 Å². The molecule has 1 heterocycles. The Morgan fingerprint density at radius 3 is 2.71 bits per heavy atom. The predicted molar refractivity (Wildman–Crippen MR) is 77.0 cm³/mol. The van der Waals surface area contributed by atoms with Gasteiger partial charge < -0.3 is 20.8 Å². The molecule has 0 spiro atoms. The third-order valence-electron chi connectivity index (χ3n) is 2.90. The molecule has 2 amide bonds. The minimum absolute atomic E-state index is 0.0590. The molecule has 7 heteroatoms. The van der Waals surface area contributed by atoms with Crippen LogP contribution < -0.4 is 10.6 Å². The fourth-order valence-electron chi connectivity index (χ4n) is 1.91. The molecule has 0 fully saturated rings. The number of para-hydroxylation sites is 1. The van der Waals surface area contributed by atoms with Gasteiger partial charge in [-0.25, -0.2) is 9.59 Å². The van der Waals surface area contributed by atoms with Gasteiger partial charge in [-0.1, -0.05) is 18.2 Å². The van der Waals surface area contributed by atoms with E-state index >= 15 is 0 Å². The van der Waals surface area contributed by atoms with Gasteiger partial charge in [0.1, 0.15) is 6.04 Å². The van der Waals surface area contributed by atoms with Gasteiger partial charge in [-0.05, 0) is 12.1 Å². The van der Waals surface area contributed by atoms with Gasteiger partial charge in [-0.3, -0.25) is 4.98 Å². The van der Waals surface area contributed by atoms with Crippen molar-refractivity contribution in [3.8, 4) is 0 Å². The maximum atomic E-state index is 11.9. The Morgan fingerprint density at radius 2 is 2.00 bits per heavy atom. The number of hydrogen-bond acceptors (Lipinski definition) is 4. The van der Waals surface area contributed by atoms with Gasteiger partial charge in [0.2, 0.25) is 0 Å². The highest BCUT2D eigenvalue weighted by molar-refractivity contribution is 6.00. The number of amides is 2. The van der Waals surface area contributed by atoms with Crippen molar-refractivity contribution < 1.29 is 19.8 Å². The molecule has 1 aromatic carbocycles. The average Bonchev–Trinajstić information content (AvgIpc) is 2.47. The minimum atomic E-state index is -1.20. The van der Waals surface area contributed by atoms with Gasteiger partial charge in [0.05, 0.1) is 11.2 Å². The van der Waals surface area contributed by atoms with Crippen molar-refractivity contribution in [2.75, 3.05) is 11.9 Å². The molecule has 0 bridgehead atoms. The molecule has 2 aromatic rings. The van der Waals surface area contributed by atoms with Crippen LogP contribution in [0.1, 0.15) is 6.42 Å². The number of carbonyl (C=O) groups is 2. The van der Waals surface area contributed by atoms with Crippen LogP contribution in [-0.2, 0) is 4.79 Å². The topological polar surface area (TPSA) is 112 Å². The molecule has 21 heavy (non-hydrogen) atoms. The van der Waals surface area contributed by atoms with Gasteiger partial charge >= 0.3 is 12.0 Å². The number of aliphatic hydroxyl groups excluding tert-OH is 1. The SMILES string of the molecule is O=C(Nc1cccc2cccnc12)N[C@@H](CCO)C(=O)O. The summed E-state index contributed by atoms with van der Waals surface area (Å²) in [6, 6.07) is 7.15. The number of nitrogens with one attached hydrogen (secondary N) is 2. The highest BCUT2D eigenvalue weighted by atomic mass is 16.4. The quantitative estimate of drug-likeness (QED) is 0.660. The number of benzene rings is 1. The van der Waals surface area contributed by atoms with Crippen LogP contribution >= 0.6 is 0 Å². The molecule has 0 saturated heterocycles. The van der Waals surface area contributed by atoms with E-state index in [4.69, 9.17) is 10.2 Å². The lowest BCUT2D eigenvalue weighted by molar-refractivity contribution is -0.139. The van der Waals surface area contributed by atoms with Crippen LogP contribution in [0.4, 0.5) is 10.5 Å². The number of aliphatic carboxylic acids is 1. The fraction of sp³-hybridized carbons (Fsp3) is 0.214. The van der Waals surface area contributed by atoms with E-state index in [1.165, 1.54) is 0 Å². The molecule has 0 aliphatic heterocycles. The first-order chi connectivity index (χ1) is 10.1. The largest absolute Gasteiger partial charge is 0.480 e. The number of aromatic nitrogens is 1. The number of anilines is 1. The first kappa shape index (κ1) is 14.7. The van der Waals surface area contributed by atoms with E-state index in [2.05, 4.69) is 15.6 Å². The van der Waals surface area contributed by atoms with Crippen molar-refractivity contribution in [3.05, 3.63) is 36.5 Å². The van der Waals surface area contributed by atoms with Crippen LogP contribution in [-0.4, -0.2) is 39.8 Å². The molecule has 0 aliphatic rings. The molecular weight excluding hydrogens is 274 g/mol. The zero-order valence-corrected chi connectivity index (χ0v) is 11.1. The lowest BCUT2D eigenvalue weighted by Gasteiger charge is -2.14. The van der Waals surface area contributed by atoms with E-state index in [9.17, 15) is 9.59 Å². The van der Waals surface area contributed by atoms with Crippen LogP contribution in [0.5, 0.6) is 0 Å². The number of hydrogen-bond donors (Lipinski definition) is 4. The van der Waals surface area contributed by atoms with Crippen molar-refractivity contribution in [1.82, 2.24) is 10.3 Å². The molecule has 0 radical (unpaired) electrons. The molecule has 1 atom stereocenters. The summed E-state index contributed by atoms with van der Waals surface area (Å²) in [6.45, 7) is -0.326. The molecule has 7 nitrogen and oxygen atoms in total. The molecular formula is C14H15N3O4. The second-order valence-electron chi connectivity index (χ2n) is 4.38. The summed E-state index contributed by atoms with van der Waals surface area (Å²) in [7, 11) is 0. The summed E-state index contributed by atoms with van der Waals surface area (Å²) in [4.78, 5) is 27.0. The number of pyridine rings is 1. The van der Waals surface area contributed by atoms with E-state index in [1.807, 2.05) is 12.1 Å². The molecule has 110 valence electrons. The Balaban J connectivity index is 2.13. The Labute approximate surface area is 120 Å². The number of rotatable bonds is 5. The molecule has 0 unspecified atom stereocenters. The molecule has 0 aliphatic carbocycles. The van der Waals surface area contributed by atoms with Gasteiger partial charge in [0.25, 0.3) is 0 Å². The fourth-order valence-corrected chi connectivity index (χ4v) is 1.91. The lowest BCUT2D eigenvalue weighted by Crippen LogP contribution is -2.43. The van der Waals surface area contributed by atoms with E-state index in [-0.39, 0.29) is 13.0 Å². The van der Waals surface area contributed by atoms with E-state index in [0.717, 1.165) is 5.39 Å². The Bertz CT molecular complexity index is 654. The van der Waals surface area contributed by atoms with Crippen molar-refractivity contribution in [1.29, 1.82) is 0 Å². The van der Waals surface area contributed by atoms with Crippen molar-refractivity contribution in [3.63, 3.8) is 0 Å². The highest BCUT2D eigenvalue weighted by Crippen LogP contribution is 2.20. The number of carboxylic acids is 1. The number of fused-ring (bicyclic) bond motifs is 1. The van der Waals surface area contributed by atoms with Crippen molar-refractivity contribution in [2.45, 2.75) is 12.5 Å². The maximum Gasteiger partial charge on any atom is 0.326 e. The number of urea groups is 1. The van der Waals surface area contributed by atoms with E-state index in [1.54, 1.807) is 24.4 Å². The number of carboxylic acid groups (broad SMARTS) is 1. The van der Waals surface area contributed by atoms with Gasteiger partial charge in [-0.15, -0.1) is 0 Å². The first-order valence-electron chi connectivity index (χ1n) is 6.36. The first-order valence-corrected chi connectivity index (χ1v) is 6.36. The van der Waals surface area contributed by atoms with Crippen LogP contribution in [0.15, 0.2) is 36.5 Å². The van der Waals surface area contributed by atoms with E-state index < -0.39 is 18.0 Å². The normalized spacial score (nSPS) is 11.9. The smallest absolute Gasteiger partial charge is 0.326 e. The summed E-state index contributed by atoms with van der Waals surface area (Å²) < 4.78 is 0. The second-order valence-corrected chi connectivity index (χ2v) is 4.38. The highest BCUT2D eigenvalue weighted by Gasteiger charge is 2.19. The third-order valence-corrected chi connectivity index (χ3v) is 2.90. The standard InChI is InChI=1S/C14H15N3O4/c18-8-6-11(13(19)20)17-14(21)16-10-5-1-3-9-4-2-7-15-12(9)10/h1-5,7,11,18H,6,8H2,(H,19,20)(H2,16,17,21)/t11-/m0/s1. The molecule has 2 rings (SSSR count). The summed E-state index contributed by atoms with van der Waals surface area (Å²) in [5, 5.41) is 23.4. The van der Waals surface area contributed by atoms with E-state index in [0.29, 0.717) is 11.2 Å². The number of nitrogens with zero attached hydrogens (tertiary/aromatic N) is 1. The Hall–Kier alpha value is -2.67. The molecule has 1 aromatic heterocycles. The summed E-state index contributed by atoms with van der Waals surface area (Å²) in [6.07, 6.45) is 1.55. The summed E-state index contributed by atoms with van der Waals surface area (Å²) in [5.74, 6) is -1.20. The Kier molecular flexibility index (Phi) is 4.68. The lowest BCUT2D eigenvalue weighted by atomic mass is 10.2. The number of carbonyl (C=O) groups excluding carboxylic acids is 1. The van der Waals surface area contributed by atoms with Crippen LogP contribution in [0.3, 0.4) is 0 Å². The Morgan fingerprint density at radius 1 is 1.24 bits per heavy atom. The van der Waals surface area contributed by atoms with Crippen LogP contribution in [0.2, 0.25) is 0 Å². The monoisotopic (exact) mass is 289 g/mol. The zero-order chi connectivity index (χ0) is 15.2. The van der Waals surface area contributed by atoms with Crippen LogP contribution in [0, 0.1) is 0 Å². The maximum absolute atomic E-state index is 11.9.